The van der Waals surface area contributed by atoms with Crippen molar-refractivity contribution in [1.29, 1.82) is 0 Å². The molecule has 0 saturated heterocycles. The Balaban J connectivity index is 2.00. The van der Waals surface area contributed by atoms with Gasteiger partial charge >= 0.3 is 0 Å². The van der Waals surface area contributed by atoms with Crippen LogP contribution in [0.4, 0.5) is 5.69 Å². The average Bonchev–Trinajstić information content (AvgIpc) is 2.84. The molecule has 0 spiro atoms. The fraction of sp³-hybridized carbons (Fsp3) is 0.235. The monoisotopic (exact) mass is 343 g/mol. The Morgan fingerprint density at radius 3 is 2.71 bits per heavy atom. The highest BCUT2D eigenvalue weighted by atomic mass is 79.9. The lowest BCUT2D eigenvalue weighted by molar-refractivity contribution is 0.767. The molecule has 0 fully saturated rings. The molecule has 1 aliphatic heterocycles. The lowest BCUT2D eigenvalue weighted by Gasteiger charge is -2.27. The van der Waals surface area contributed by atoms with Gasteiger partial charge in [-0.2, -0.15) is 0 Å². The molecule has 0 radical (unpaired) electrons. The van der Waals surface area contributed by atoms with E-state index >= 15 is 0 Å². The Morgan fingerprint density at radius 2 is 2.00 bits per heavy atom. The van der Waals surface area contributed by atoms with Crippen molar-refractivity contribution in [2.45, 2.75) is 19.9 Å². The van der Waals surface area contributed by atoms with Crippen LogP contribution < -0.4 is 10.6 Å². The van der Waals surface area contributed by atoms with Gasteiger partial charge < -0.3 is 10.6 Å². The smallest absolute Gasteiger partial charge is 0.196 e. The summed E-state index contributed by atoms with van der Waals surface area (Å²) in [5.41, 5.74) is 10.9. The number of hydrogen-bond acceptors (Lipinski definition) is 3. The minimum atomic E-state index is 0.156. The number of guanidine groups is 1. The number of halogens is 1. The Hall–Kier alpha value is -1.81. The van der Waals surface area contributed by atoms with Gasteiger partial charge in [0, 0.05) is 10.2 Å². The molecule has 0 aromatic heterocycles. The van der Waals surface area contributed by atoms with Gasteiger partial charge in [0.25, 0.3) is 0 Å². The van der Waals surface area contributed by atoms with Crippen molar-refractivity contribution in [3.8, 4) is 0 Å². The van der Waals surface area contributed by atoms with E-state index in [2.05, 4.69) is 82.1 Å². The molecule has 108 valence electrons. The number of nitrogens with two attached hydrogens (primary N) is 1. The van der Waals surface area contributed by atoms with E-state index < -0.39 is 0 Å². The highest BCUT2D eigenvalue weighted by Gasteiger charge is 2.29. The standard InChI is InChI=1S/C17H18BrN3/c1-11-4-3-5-14(8-11)21-16(10-20-17(21)19)13-7-6-12(2)15(18)9-13/h3-9,16H,10H2,1-2H3,(H2,19,20). The zero-order valence-corrected chi connectivity index (χ0v) is 13.8. The molecule has 3 rings (SSSR count). The first kappa shape index (κ1) is 14.1. The van der Waals surface area contributed by atoms with Crippen LogP contribution in [0.25, 0.3) is 0 Å². The largest absolute Gasteiger partial charge is 0.369 e. The maximum Gasteiger partial charge on any atom is 0.196 e. The summed E-state index contributed by atoms with van der Waals surface area (Å²) in [6.07, 6.45) is 0. The second-order valence-corrected chi connectivity index (χ2v) is 6.29. The summed E-state index contributed by atoms with van der Waals surface area (Å²) in [6, 6.07) is 15.0. The molecule has 1 heterocycles. The van der Waals surface area contributed by atoms with Crippen LogP contribution in [0, 0.1) is 13.8 Å². The second kappa shape index (κ2) is 5.53. The van der Waals surface area contributed by atoms with Crippen LogP contribution in [-0.2, 0) is 0 Å². The van der Waals surface area contributed by atoms with Crippen LogP contribution in [0.1, 0.15) is 22.7 Å². The van der Waals surface area contributed by atoms with Gasteiger partial charge in [-0.05, 0) is 48.7 Å². The fourth-order valence-electron chi connectivity index (χ4n) is 2.66. The maximum atomic E-state index is 6.12. The van der Waals surface area contributed by atoms with Crippen LogP contribution in [0.2, 0.25) is 0 Å². The third kappa shape index (κ3) is 2.68. The van der Waals surface area contributed by atoms with E-state index in [1.807, 2.05) is 0 Å². The number of aryl methyl sites for hydroxylation is 2. The number of anilines is 1. The molecule has 0 bridgehead atoms. The maximum absolute atomic E-state index is 6.12. The summed E-state index contributed by atoms with van der Waals surface area (Å²) in [5.74, 6) is 0.585. The van der Waals surface area contributed by atoms with Crippen LogP contribution in [0.5, 0.6) is 0 Å². The van der Waals surface area contributed by atoms with Gasteiger partial charge in [-0.15, -0.1) is 0 Å². The lowest BCUT2D eigenvalue weighted by atomic mass is 10.0. The summed E-state index contributed by atoms with van der Waals surface area (Å²) >= 11 is 3.61. The number of benzene rings is 2. The SMILES string of the molecule is Cc1cccc(N2C(N)=NCC2c2ccc(C)c(Br)c2)c1. The normalized spacial score (nSPS) is 18.0. The molecule has 0 aliphatic carbocycles. The van der Waals surface area contributed by atoms with Crippen LogP contribution >= 0.6 is 15.9 Å². The van der Waals surface area contributed by atoms with Gasteiger partial charge in [0.2, 0.25) is 0 Å². The molecule has 2 N–H and O–H groups in total. The van der Waals surface area contributed by atoms with Crippen molar-refractivity contribution in [2.75, 3.05) is 11.4 Å². The van der Waals surface area contributed by atoms with Crippen LogP contribution in [-0.4, -0.2) is 12.5 Å². The number of hydrogen-bond donors (Lipinski definition) is 1. The third-order valence-corrected chi connectivity index (χ3v) is 4.70. The summed E-state index contributed by atoms with van der Waals surface area (Å²) in [7, 11) is 0. The molecule has 2 aromatic rings. The Morgan fingerprint density at radius 1 is 1.19 bits per heavy atom. The van der Waals surface area contributed by atoms with Crippen LogP contribution in [0.15, 0.2) is 51.9 Å². The average molecular weight is 344 g/mol. The van der Waals surface area contributed by atoms with Crippen molar-refractivity contribution in [1.82, 2.24) is 0 Å². The predicted octanol–water partition coefficient (Wildman–Crippen LogP) is 3.94. The van der Waals surface area contributed by atoms with E-state index in [1.54, 1.807) is 0 Å². The molecule has 1 unspecified atom stereocenters. The van der Waals surface area contributed by atoms with E-state index in [9.17, 15) is 0 Å². The first-order chi connectivity index (χ1) is 10.1. The highest BCUT2D eigenvalue weighted by molar-refractivity contribution is 9.10. The van der Waals surface area contributed by atoms with Crippen molar-refractivity contribution in [2.24, 2.45) is 10.7 Å². The summed E-state index contributed by atoms with van der Waals surface area (Å²) in [6.45, 7) is 4.87. The van der Waals surface area contributed by atoms with E-state index in [-0.39, 0.29) is 6.04 Å². The van der Waals surface area contributed by atoms with E-state index in [0.717, 1.165) is 10.2 Å². The molecule has 1 atom stereocenters. The van der Waals surface area contributed by atoms with Gasteiger partial charge in [-0.25, -0.2) is 0 Å². The molecule has 4 heteroatoms. The molecule has 2 aromatic carbocycles. The third-order valence-electron chi connectivity index (χ3n) is 3.85. The summed E-state index contributed by atoms with van der Waals surface area (Å²) in [4.78, 5) is 6.55. The topological polar surface area (TPSA) is 41.6 Å². The molecule has 1 aliphatic rings. The van der Waals surface area contributed by atoms with Crippen molar-refractivity contribution >= 4 is 27.6 Å². The zero-order chi connectivity index (χ0) is 15.0. The van der Waals surface area contributed by atoms with Gasteiger partial charge in [0.1, 0.15) is 0 Å². The van der Waals surface area contributed by atoms with Gasteiger partial charge in [0.05, 0.1) is 12.6 Å². The van der Waals surface area contributed by atoms with Gasteiger partial charge in [-0.3, -0.25) is 4.99 Å². The Bertz CT molecular complexity index is 709. The number of rotatable bonds is 2. The Kier molecular flexibility index (Phi) is 3.72. The Labute approximate surface area is 133 Å². The van der Waals surface area contributed by atoms with Crippen molar-refractivity contribution in [3.63, 3.8) is 0 Å². The van der Waals surface area contributed by atoms with Crippen molar-refractivity contribution in [3.05, 3.63) is 63.6 Å². The summed E-state index contributed by atoms with van der Waals surface area (Å²) in [5, 5.41) is 0. The van der Waals surface area contributed by atoms with Crippen LogP contribution in [0.3, 0.4) is 0 Å². The minimum Gasteiger partial charge on any atom is -0.369 e. The molecular formula is C17H18BrN3. The predicted molar refractivity (Wildman–Crippen MR) is 91.8 cm³/mol. The molecule has 21 heavy (non-hydrogen) atoms. The lowest BCUT2D eigenvalue weighted by Crippen LogP contribution is -2.36. The second-order valence-electron chi connectivity index (χ2n) is 5.43. The van der Waals surface area contributed by atoms with E-state index in [4.69, 9.17) is 5.73 Å². The number of aliphatic imine (C=N–C) groups is 1. The molecule has 0 saturated carbocycles. The summed E-state index contributed by atoms with van der Waals surface area (Å²) < 4.78 is 1.12. The zero-order valence-electron chi connectivity index (χ0n) is 12.2. The molecular weight excluding hydrogens is 326 g/mol. The van der Waals surface area contributed by atoms with Gasteiger partial charge in [-0.1, -0.05) is 40.2 Å². The van der Waals surface area contributed by atoms with E-state index in [0.29, 0.717) is 12.5 Å². The molecule has 3 nitrogen and oxygen atoms in total. The molecule has 0 amide bonds. The highest BCUT2D eigenvalue weighted by Crippen LogP contribution is 2.33. The number of nitrogens with zero attached hydrogens (tertiary/aromatic N) is 2. The first-order valence-electron chi connectivity index (χ1n) is 6.98. The minimum absolute atomic E-state index is 0.156. The van der Waals surface area contributed by atoms with E-state index in [1.165, 1.54) is 16.7 Å². The van der Waals surface area contributed by atoms with Gasteiger partial charge in [0.15, 0.2) is 5.96 Å². The quantitative estimate of drug-likeness (QED) is 0.897. The fourth-order valence-corrected chi connectivity index (χ4v) is 3.05. The first-order valence-corrected chi connectivity index (χ1v) is 7.77. The van der Waals surface area contributed by atoms with Crippen molar-refractivity contribution < 1.29 is 0 Å².